The average Bonchev–Trinajstić information content (AvgIpc) is 2.59. The molecule has 1 atom stereocenters. The SMILES string of the molecule is CN1C(=O)CC(C(=O)NCCC2=CCCCC2)c2ccccc21. The van der Waals surface area contributed by atoms with Gasteiger partial charge in [0.05, 0.1) is 5.92 Å². The standard InChI is InChI=1S/C19H24N2O2/c1-21-17-10-6-5-9-15(17)16(13-18(21)22)19(23)20-12-11-14-7-3-2-4-8-14/h5-7,9-10,16H,2-4,8,11-13H2,1H3,(H,20,23). The summed E-state index contributed by atoms with van der Waals surface area (Å²) in [5.74, 6) is -0.399. The second kappa shape index (κ2) is 6.99. The van der Waals surface area contributed by atoms with E-state index in [0.29, 0.717) is 6.54 Å². The van der Waals surface area contributed by atoms with Crippen LogP contribution in [0.3, 0.4) is 0 Å². The van der Waals surface area contributed by atoms with Crippen LogP contribution in [-0.2, 0) is 9.59 Å². The molecular weight excluding hydrogens is 288 g/mol. The number of anilines is 1. The van der Waals surface area contributed by atoms with Gasteiger partial charge in [-0.05, 0) is 43.7 Å². The molecule has 1 aliphatic carbocycles. The van der Waals surface area contributed by atoms with Gasteiger partial charge < -0.3 is 10.2 Å². The Kier molecular flexibility index (Phi) is 4.79. The van der Waals surface area contributed by atoms with Gasteiger partial charge in [0.1, 0.15) is 0 Å². The number of para-hydroxylation sites is 1. The summed E-state index contributed by atoms with van der Waals surface area (Å²) in [4.78, 5) is 26.3. The van der Waals surface area contributed by atoms with Crippen LogP contribution in [0.5, 0.6) is 0 Å². The minimum absolute atomic E-state index is 0.00108. The van der Waals surface area contributed by atoms with E-state index in [0.717, 1.165) is 24.1 Å². The number of fused-ring (bicyclic) bond motifs is 1. The molecule has 0 fully saturated rings. The maximum atomic E-state index is 12.6. The Labute approximate surface area is 137 Å². The highest BCUT2D eigenvalue weighted by atomic mass is 16.2. The second-order valence-corrected chi connectivity index (χ2v) is 6.42. The Morgan fingerprint density at radius 3 is 2.91 bits per heavy atom. The molecule has 4 nitrogen and oxygen atoms in total. The topological polar surface area (TPSA) is 49.4 Å². The van der Waals surface area contributed by atoms with Crippen molar-refractivity contribution in [2.24, 2.45) is 0 Å². The van der Waals surface area contributed by atoms with Crippen LogP contribution in [0.2, 0.25) is 0 Å². The van der Waals surface area contributed by atoms with Crippen LogP contribution in [0.25, 0.3) is 0 Å². The maximum absolute atomic E-state index is 12.6. The zero-order chi connectivity index (χ0) is 16.2. The molecule has 1 aromatic carbocycles. The van der Waals surface area contributed by atoms with Crippen LogP contribution in [0.4, 0.5) is 5.69 Å². The van der Waals surface area contributed by atoms with Gasteiger partial charge in [0, 0.05) is 25.7 Å². The van der Waals surface area contributed by atoms with E-state index in [4.69, 9.17) is 0 Å². The van der Waals surface area contributed by atoms with Gasteiger partial charge in [-0.2, -0.15) is 0 Å². The summed E-state index contributed by atoms with van der Waals surface area (Å²) >= 11 is 0. The Morgan fingerprint density at radius 2 is 2.13 bits per heavy atom. The van der Waals surface area contributed by atoms with E-state index in [2.05, 4.69) is 11.4 Å². The van der Waals surface area contributed by atoms with Gasteiger partial charge in [0.25, 0.3) is 0 Å². The van der Waals surface area contributed by atoms with E-state index < -0.39 is 0 Å². The number of carbonyl (C=O) groups is 2. The predicted molar refractivity (Wildman–Crippen MR) is 91.4 cm³/mol. The fourth-order valence-electron chi connectivity index (χ4n) is 3.48. The van der Waals surface area contributed by atoms with Crippen LogP contribution >= 0.6 is 0 Å². The molecule has 23 heavy (non-hydrogen) atoms. The Bertz CT molecular complexity index is 636. The van der Waals surface area contributed by atoms with Crippen molar-refractivity contribution in [2.45, 2.75) is 44.4 Å². The van der Waals surface area contributed by atoms with Crippen LogP contribution in [0.1, 0.15) is 50.0 Å². The first-order chi connectivity index (χ1) is 11.2. The monoisotopic (exact) mass is 312 g/mol. The molecule has 1 unspecified atom stereocenters. The van der Waals surface area contributed by atoms with Crippen molar-refractivity contribution in [3.63, 3.8) is 0 Å². The quantitative estimate of drug-likeness (QED) is 0.868. The molecule has 0 bridgehead atoms. The highest BCUT2D eigenvalue weighted by molar-refractivity contribution is 6.02. The highest BCUT2D eigenvalue weighted by Crippen LogP contribution is 2.35. The third-order valence-corrected chi connectivity index (χ3v) is 4.87. The second-order valence-electron chi connectivity index (χ2n) is 6.42. The molecule has 1 N–H and O–H groups in total. The normalized spacial score (nSPS) is 20.7. The van der Waals surface area contributed by atoms with E-state index in [1.54, 1.807) is 11.9 Å². The van der Waals surface area contributed by atoms with Gasteiger partial charge in [0.2, 0.25) is 11.8 Å². The van der Waals surface area contributed by atoms with Crippen LogP contribution in [0, 0.1) is 0 Å². The van der Waals surface area contributed by atoms with Crippen molar-refractivity contribution in [3.05, 3.63) is 41.5 Å². The summed E-state index contributed by atoms with van der Waals surface area (Å²) in [5, 5.41) is 3.03. The number of amides is 2. The molecule has 122 valence electrons. The molecule has 0 saturated heterocycles. The number of rotatable bonds is 4. The summed E-state index contributed by atoms with van der Waals surface area (Å²) in [5.41, 5.74) is 3.25. The lowest BCUT2D eigenvalue weighted by Gasteiger charge is -2.30. The minimum Gasteiger partial charge on any atom is -0.355 e. The molecule has 0 spiro atoms. The van der Waals surface area contributed by atoms with E-state index in [-0.39, 0.29) is 24.2 Å². The first-order valence-electron chi connectivity index (χ1n) is 8.48. The number of hydrogen-bond acceptors (Lipinski definition) is 2. The molecule has 2 amide bonds. The molecule has 0 radical (unpaired) electrons. The van der Waals surface area contributed by atoms with Gasteiger partial charge in [-0.25, -0.2) is 0 Å². The number of benzene rings is 1. The van der Waals surface area contributed by atoms with Gasteiger partial charge in [0.15, 0.2) is 0 Å². The van der Waals surface area contributed by atoms with Crippen LogP contribution in [-0.4, -0.2) is 25.4 Å². The van der Waals surface area contributed by atoms with Crippen LogP contribution < -0.4 is 10.2 Å². The molecule has 2 aliphatic rings. The van der Waals surface area contributed by atoms with E-state index in [1.807, 2.05) is 24.3 Å². The van der Waals surface area contributed by atoms with Crippen molar-refractivity contribution in [2.75, 3.05) is 18.5 Å². The number of hydrogen-bond donors (Lipinski definition) is 1. The average molecular weight is 312 g/mol. The molecule has 1 aromatic rings. The summed E-state index contributed by atoms with van der Waals surface area (Å²) in [7, 11) is 1.77. The third kappa shape index (κ3) is 3.46. The number of allylic oxidation sites excluding steroid dienone is 1. The Morgan fingerprint density at radius 1 is 1.30 bits per heavy atom. The Hall–Kier alpha value is -2.10. The molecule has 1 aliphatic heterocycles. The van der Waals surface area contributed by atoms with Crippen molar-refractivity contribution >= 4 is 17.5 Å². The predicted octanol–water partition coefficient (Wildman–Crippen LogP) is 3.14. The van der Waals surface area contributed by atoms with Gasteiger partial charge in [-0.1, -0.05) is 29.8 Å². The summed E-state index contributed by atoms with van der Waals surface area (Å²) in [6, 6.07) is 7.68. The first-order valence-corrected chi connectivity index (χ1v) is 8.48. The molecule has 0 aromatic heterocycles. The zero-order valence-corrected chi connectivity index (χ0v) is 13.7. The fraction of sp³-hybridized carbons (Fsp3) is 0.474. The highest BCUT2D eigenvalue weighted by Gasteiger charge is 2.33. The lowest BCUT2D eigenvalue weighted by atomic mass is 9.89. The minimum atomic E-state index is -0.366. The van der Waals surface area contributed by atoms with E-state index >= 15 is 0 Å². The van der Waals surface area contributed by atoms with Gasteiger partial charge in [-0.3, -0.25) is 9.59 Å². The lowest BCUT2D eigenvalue weighted by Crippen LogP contribution is -2.39. The summed E-state index contributed by atoms with van der Waals surface area (Å²) in [6.45, 7) is 0.660. The van der Waals surface area contributed by atoms with Crippen molar-refractivity contribution < 1.29 is 9.59 Å². The smallest absolute Gasteiger partial charge is 0.228 e. The largest absolute Gasteiger partial charge is 0.355 e. The fourth-order valence-corrected chi connectivity index (χ4v) is 3.48. The zero-order valence-electron chi connectivity index (χ0n) is 13.7. The summed E-state index contributed by atoms with van der Waals surface area (Å²) < 4.78 is 0. The maximum Gasteiger partial charge on any atom is 0.228 e. The summed E-state index contributed by atoms with van der Waals surface area (Å²) in [6.07, 6.45) is 8.35. The van der Waals surface area contributed by atoms with Gasteiger partial charge >= 0.3 is 0 Å². The molecular formula is C19H24N2O2. The number of carbonyl (C=O) groups excluding carboxylic acids is 2. The first kappa shape index (κ1) is 15.8. The Balaban J connectivity index is 1.64. The molecule has 0 saturated carbocycles. The molecule has 4 heteroatoms. The number of nitrogens with zero attached hydrogens (tertiary/aromatic N) is 1. The van der Waals surface area contributed by atoms with Gasteiger partial charge in [-0.15, -0.1) is 0 Å². The van der Waals surface area contributed by atoms with Crippen molar-refractivity contribution in [1.29, 1.82) is 0 Å². The van der Waals surface area contributed by atoms with Crippen molar-refractivity contribution in [1.82, 2.24) is 5.32 Å². The molecule has 1 heterocycles. The van der Waals surface area contributed by atoms with E-state index in [1.165, 1.54) is 24.8 Å². The third-order valence-electron chi connectivity index (χ3n) is 4.87. The molecule has 3 rings (SSSR count). The number of nitrogens with one attached hydrogen (secondary N) is 1. The van der Waals surface area contributed by atoms with Crippen LogP contribution in [0.15, 0.2) is 35.9 Å². The lowest BCUT2D eigenvalue weighted by molar-refractivity contribution is -0.127. The van der Waals surface area contributed by atoms with Crippen molar-refractivity contribution in [3.8, 4) is 0 Å². The van der Waals surface area contributed by atoms with E-state index in [9.17, 15) is 9.59 Å².